The lowest BCUT2D eigenvalue weighted by Crippen LogP contribution is -2.44. The molecule has 1 fully saturated rings. The number of hydrogen-bond donors (Lipinski definition) is 1. The normalized spacial score (nSPS) is 17.0. The molecule has 0 aliphatic carbocycles. The van der Waals surface area contributed by atoms with Crippen LogP contribution in [0.25, 0.3) is 0 Å². The van der Waals surface area contributed by atoms with Crippen molar-refractivity contribution in [3.63, 3.8) is 0 Å². The van der Waals surface area contributed by atoms with Gasteiger partial charge in [0.15, 0.2) is 0 Å². The Morgan fingerprint density at radius 2 is 1.74 bits per heavy atom. The molecule has 1 aromatic heterocycles. The number of carboxylic acids is 1. The smallest absolute Gasteiger partial charge is 0.335 e. The zero-order chi connectivity index (χ0) is 19.7. The highest BCUT2D eigenvalue weighted by Gasteiger charge is 2.27. The molecule has 0 unspecified atom stereocenters. The predicted molar refractivity (Wildman–Crippen MR) is 98.2 cm³/mol. The third-order valence-corrected chi connectivity index (χ3v) is 5.08. The van der Waals surface area contributed by atoms with Crippen molar-refractivity contribution in [3.05, 3.63) is 68.0 Å². The van der Waals surface area contributed by atoms with Gasteiger partial charge in [0, 0.05) is 39.2 Å². The zero-order valence-electron chi connectivity index (χ0n) is 15.2. The number of rotatable bonds is 3. The van der Waals surface area contributed by atoms with Crippen LogP contribution in [0.1, 0.15) is 45.2 Å². The lowest BCUT2D eigenvalue weighted by atomic mass is 9.90. The molecule has 1 atom stereocenters. The second-order valence-corrected chi connectivity index (χ2v) is 6.79. The summed E-state index contributed by atoms with van der Waals surface area (Å²) in [6.07, 6.45) is 1.67. The van der Waals surface area contributed by atoms with Gasteiger partial charge in [0.1, 0.15) is 5.69 Å². The van der Waals surface area contributed by atoms with E-state index in [1.165, 1.54) is 24.7 Å². The van der Waals surface area contributed by atoms with Gasteiger partial charge in [0.2, 0.25) is 0 Å². The number of benzene rings is 1. The number of likely N-dealkylation sites (tertiary alicyclic amines) is 1. The molecule has 1 aromatic carbocycles. The van der Waals surface area contributed by atoms with Gasteiger partial charge in [-0.25, -0.2) is 9.59 Å². The van der Waals surface area contributed by atoms with E-state index in [2.05, 4.69) is 0 Å². The highest BCUT2D eigenvalue weighted by Crippen LogP contribution is 2.27. The fourth-order valence-corrected chi connectivity index (χ4v) is 3.43. The molecule has 1 aliphatic rings. The largest absolute Gasteiger partial charge is 0.478 e. The van der Waals surface area contributed by atoms with Crippen LogP contribution in [0.2, 0.25) is 0 Å². The average Bonchev–Trinajstić information content (AvgIpc) is 2.68. The minimum Gasteiger partial charge on any atom is -0.478 e. The van der Waals surface area contributed by atoms with Crippen LogP contribution in [0.3, 0.4) is 0 Å². The highest BCUT2D eigenvalue weighted by molar-refractivity contribution is 5.92. The second-order valence-electron chi connectivity index (χ2n) is 6.79. The number of aromatic nitrogens is 2. The van der Waals surface area contributed by atoms with E-state index in [1.54, 1.807) is 29.2 Å². The van der Waals surface area contributed by atoms with Crippen molar-refractivity contribution < 1.29 is 14.7 Å². The summed E-state index contributed by atoms with van der Waals surface area (Å²) < 4.78 is 2.15. The Morgan fingerprint density at radius 3 is 2.37 bits per heavy atom. The summed E-state index contributed by atoms with van der Waals surface area (Å²) >= 11 is 0. The van der Waals surface area contributed by atoms with Crippen molar-refractivity contribution in [1.82, 2.24) is 14.0 Å². The number of piperidine rings is 1. The van der Waals surface area contributed by atoms with E-state index in [4.69, 9.17) is 5.11 Å². The van der Waals surface area contributed by atoms with E-state index in [9.17, 15) is 19.2 Å². The summed E-state index contributed by atoms with van der Waals surface area (Å²) in [5.41, 5.74) is 0.209. The van der Waals surface area contributed by atoms with E-state index < -0.39 is 17.2 Å². The SMILES string of the molecule is Cn1c(C(=O)N2CCC[C@@H](c3ccc(C(=O)O)cc3)C2)cc(=O)n(C)c1=O. The summed E-state index contributed by atoms with van der Waals surface area (Å²) in [6, 6.07) is 7.85. The third kappa shape index (κ3) is 3.55. The van der Waals surface area contributed by atoms with Gasteiger partial charge in [0.05, 0.1) is 5.56 Å². The van der Waals surface area contributed by atoms with Crippen molar-refractivity contribution in [3.8, 4) is 0 Å². The minimum absolute atomic E-state index is 0.0741. The Kier molecular flexibility index (Phi) is 4.98. The predicted octanol–water partition coefficient (Wildman–Crippen LogP) is 0.802. The number of amides is 1. The molecule has 0 radical (unpaired) electrons. The molecule has 1 aliphatic heterocycles. The van der Waals surface area contributed by atoms with Crippen LogP contribution >= 0.6 is 0 Å². The molecule has 2 aromatic rings. The van der Waals surface area contributed by atoms with Gasteiger partial charge in [-0.3, -0.25) is 18.7 Å². The Hall–Kier alpha value is -3.16. The lowest BCUT2D eigenvalue weighted by molar-refractivity contribution is 0.0689. The fraction of sp³-hybridized carbons (Fsp3) is 0.368. The molecule has 0 saturated carbocycles. The molecule has 2 heterocycles. The van der Waals surface area contributed by atoms with Crippen molar-refractivity contribution >= 4 is 11.9 Å². The topological polar surface area (TPSA) is 102 Å². The number of nitrogens with zero attached hydrogens (tertiary/aromatic N) is 3. The van der Waals surface area contributed by atoms with E-state index >= 15 is 0 Å². The molecule has 0 bridgehead atoms. The molecule has 1 N–H and O–H groups in total. The first-order valence-electron chi connectivity index (χ1n) is 8.69. The monoisotopic (exact) mass is 371 g/mol. The third-order valence-electron chi connectivity index (χ3n) is 5.08. The van der Waals surface area contributed by atoms with Crippen molar-refractivity contribution in [2.75, 3.05) is 13.1 Å². The molecule has 27 heavy (non-hydrogen) atoms. The molecule has 8 nitrogen and oxygen atoms in total. The second kappa shape index (κ2) is 7.22. The maximum Gasteiger partial charge on any atom is 0.335 e. The average molecular weight is 371 g/mol. The van der Waals surface area contributed by atoms with Crippen LogP contribution in [0, 0.1) is 0 Å². The van der Waals surface area contributed by atoms with Crippen LogP contribution in [0.5, 0.6) is 0 Å². The summed E-state index contributed by atoms with van der Waals surface area (Å²) in [5.74, 6) is -1.25. The Labute approximate surface area is 155 Å². The molecular weight excluding hydrogens is 350 g/mol. The number of aromatic carboxylic acids is 1. The molecule has 0 spiro atoms. The molecule has 1 amide bonds. The molecule has 142 valence electrons. The standard InChI is InChI=1S/C19H21N3O5/c1-20-15(10-16(23)21(2)19(20)27)17(24)22-9-3-4-14(11-22)12-5-7-13(8-6-12)18(25)26/h5-8,10,14H,3-4,9,11H2,1-2H3,(H,25,26)/t14-/m1/s1. The van der Waals surface area contributed by atoms with Crippen LogP contribution < -0.4 is 11.2 Å². The first-order chi connectivity index (χ1) is 12.8. The number of carboxylic acid groups (broad SMARTS) is 1. The molecular formula is C19H21N3O5. The van der Waals surface area contributed by atoms with Crippen molar-refractivity contribution in [2.45, 2.75) is 18.8 Å². The number of carbonyl (C=O) groups excluding carboxylic acids is 1. The minimum atomic E-state index is -0.978. The van der Waals surface area contributed by atoms with Gasteiger partial charge >= 0.3 is 11.7 Å². The van der Waals surface area contributed by atoms with Crippen molar-refractivity contribution in [2.24, 2.45) is 14.1 Å². The van der Waals surface area contributed by atoms with Crippen LogP contribution in [0.4, 0.5) is 0 Å². The summed E-state index contributed by atoms with van der Waals surface area (Å²) in [4.78, 5) is 49.5. The zero-order valence-corrected chi connectivity index (χ0v) is 15.2. The van der Waals surface area contributed by atoms with E-state index in [0.717, 1.165) is 23.0 Å². The summed E-state index contributed by atoms with van der Waals surface area (Å²) in [5, 5.41) is 9.01. The quantitative estimate of drug-likeness (QED) is 0.860. The molecule has 8 heteroatoms. The van der Waals surface area contributed by atoms with Crippen LogP contribution in [-0.4, -0.2) is 44.1 Å². The Balaban J connectivity index is 1.84. The molecule has 3 rings (SSSR count). The first kappa shape index (κ1) is 18.6. The molecule has 1 saturated heterocycles. The van der Waals surface area contributed by atoms with Gasteiger partial charge in [-0.2, -0.15) is 0 Å². The lowest BCUT2D eigenvalue weighted by Gasteiger charge is -2.33. The van der Waals surface area contributed by atoms with E-state index in [-0.39, 0.29) is 23.1 Å². The fourth-order valence-electron chi connectivity index (χ4n) is 3.43. The first-order valence-corrected chi connectivity index (χ1v) is 8.69. The summed E-state index contributed by atoms with van der Waals surface area (Å²) in [7, 11) is 2.84. The van der Waals surface area contributed by atoms with Crippen LogP contribution in [0.15, 0.2) is 39.9 Å². The Morgan fingerprint density at radius 1 is 1.07 bits per heavy atom. The highest BCUT2D eigenvalue weighted by atomic mass is 16.4. The number of hydrogen-bond acceptors (Lipinski definition) is 4. The van der Waals surface area contributed by atoms with Gasteiger partial charge in [0.25, 0.3) is 11.5 Å². The number of carbonyl (C=O) groups is 2. The van der Waals surface area contributed by atoms with E-state index in [1.807, 2.05) is 0 Å². The van der Waals surface area contributed by atoms with Gasteiger partial charge in [-0.05, 0) is 30.5 Å². The van der Waals surface area contributed by atoms with Crippen molar-refractivity contribution in [1.29, 1.82) is 0 Å². The van der Waals surface area contributed by atoms with Gasteiger partial charge < -0.3 is 10.0 Å². The van der Waals surface area contributed by atoms with Crippen LogP contribution in [-0.2, 0) is 14.1 Å². The van der Waals surface area contributed by atoms with Gasteiger partial charge in [-0.1, -0.05) is 12.1 Å². The Bertz CT molecular complexity index is 1000. The summed E-state index contributed by atoms with van der Waals surface area (Å²) in [6.45, 7) is 1.00. The van der Waals surface area contributed by atoms with Gasteiger partial charge in [-0.15, -0.1) is 0 Å². The maximum absolute atomic E-state index is 12.9. The van der Waals surface area contributed by atoms with E-state index in [0.29, 0.717) is 13.1 Å². The maximum atomic E-state index is 12.9.